The summed E-state index contributed by atoms with van der Waals surface area (Å²) in [5.74, 6) is 0. The van der Waals surface area contributed by atoms with Gasteiger partial charge in [-0.25, -0.2) is 4.79 Å². The lowest BCUT2D eigenvalue weighted by Gasteiger charge is -2.20. The molecule has 2 amide bonds. The minimum atomic E-state index is -0.303. The fourth-order valence-electron chi connectivity index (χ4n) is 2.66. The number of nitrogens with one attached hydrogen (secondary N) is 2. The normalized spacial score (nSPS) is 10.7. The van der Waals surface area contributed by atoms with Gasteiger partial charge in [-0.15, -0.1) is 0 Å². The average molecular weight is 490 g/mol. The zero-order valence-electron chi connectivity index (χ0n) is 14.3. The van der Waals surface area contributed by atoms with Gasteiger partial charge >= 0.3 is 6.03 Å². The third-order valence-corrected chi connectivity index (χ3v) is 5.13. The molecule has 0 saturated heterocycles. The number of carbonyl (C=O) groups is 1. The van der Waals surface area contributed by atoms with Crippen LogP contribution in [-0.2, 0) is 6.61 Å². The molecule has 0 saturated carbocycles. The molecule has 0 aliphatic rings. The van der Waals surface area contributed by atoms with E-state index in [2.05, 4.69) is 42.5 Å². The van der Waals surface area contributed by atoms with E-state index in [0.29, 0.717) is 5.69 Å². The number of aliphatic hydroxyl groups excluding tert-OH is 1. The first-order valence-corrected chi connectivity index (χ1v) is 9.92. The molecule has 0 atom stereocenters. The Morgan fingerprint density at radius 1 is 0.815 bits per heavy atom. The zero-order chi connectivity index (χ0) is 19.2. The molecule has 4 nitrogen and oxygen atoms in total. The summed E-state index contributed by atoms with van der Waals surface area (Å²) < 4.78 is 1.96. The molecule has 0 aliphatic heterocycles. The van der Waals surface area contributed by atoms with Crippen LogP contribution in [0.1, 0.15) is 22.7 Å². The predicted octanol–water partition coefficient (Wildman–Crippen LogP) is 5.62. The van der Waals surface area contributed by atoms with Crippen LogP contribution in [0.3, 0.4) is 0 Å². The van der Waals surface area contributed by atoms with Gasteiger partial charge in [0.15, 0.2) is 0 Å². The third kappa shape index (κ3) is 5.42. The molecule has 0 aromatic heterocycles. The van der Waals surface area contributed by atoms with Crippen LogP contribution in [0, 0.1) is 0 Å². The van der Waals surface area contributed by atoms with Crippen molar-refractivity contribution in [2.45, 2.75) is 12.6 Å². The molecule has 0 heterocycles. The highest BCUT2D eigenvalue weighted by Gasteiger charge is 2.17. The van der Waals surface area contributed by atoms with E-state index in [-0.39, 0.29) is 18.7 Å². The van der Waals surface area contributed by atoms with Crippen LogP contribution in [-0.4, -0.2) is 11.1 Å². The van der Waals surface area contributed by atoms with Crippen LogP contribution < -0.4 is 10.6 Å². The van der Waals surface area contributed by atoms with Gasteiger partial charge in [0.25, 0.3) is 0 Å². The molecular formula is C21H18Br2N2O2. The van der Waals surface area contributed by atoms with Crippen molar-refractivity contribution in [3.05, 3.63) is 98.4 Å². The van der Waals surface area contributed by atoms with Crippen molar-refractivity contribution in [2.24, 2.45) is 0 Å². The Morgan fingerprint density at radius 2 is 1.30 bits per heavy atom. The Morgan fingerprint density at radius 3 is 1.74 bits per heavy atom. The van der Waals surface area contributed by atoms with E-state index in [1.807, 2.05) is 48.5 Å². The summed E-state index contributed by atoms with van der Waals surface area (Å²) in [5.41, 5.74) is 3.41. The van der Waals surface area contributed by atoms with Crippen molar-refractivity contribution in [3.63, 3.8) is 0 Å². The lowest BCUT2D eigenvalue weighted by atomic mass is 9.99. The van der Waals surface area contributed by atoms with E-state index in [1.54, 1.807) is 24.3 Å². The Bertz CT molecular complexity index is 849. The molecule has 3 aromatic carbocycles. The molecule has 0 unspecified atom stereocenters. The summed E-state index contributed by atoms with van der Waals surface area (Å²) in [4.78, 5) is 12.6. The van der Waals surface area contributed by atoms with E-state index in [0.717, 1.165) is 25.6 Å². The molecule has 0 fully saturated rings. The zero-order valence-corrected chi connectivity index (χ0v) is 17.5. The lowest BCUT2D eigenvalue weighted by molar-refractivity contribution is 0.250. The van der Waals surface area contributed by atoms with E-state index in [1.165, 1.54) is 0 Å². The average Bonchev–Trinajstić information content (AvgIpc) is 2.68. The monoisotopic (exact) mass is 488 g/mol. The molecule has 3 aromatic rings. The smallest absolute Gasteiger partial charge is 0.319 e. The van der Waals surface area contributed by atoms with Gasteiger partial charge in [0, 0.05) is 14.6 Å². The van der Waals surface area contributed by atoms with Gasteiger partial charge in [-0.3, -0.25) is 0 Å². The number of benzene rings is 3. The number of amides is 2. The molecule has 6 heteroatoms. The molecule has 0 aliphatic carbocycles. The van der Waals surface area contributed by atoms with Gasteiger partial charge in [0.2, 0.25) is 0 Å². The van der Waals surface area contributed by atoms with Crippen LogP contribution in [0.5, 0.6) is 0 Å². The van der Waals surface area contributed by atoms with Gasteiger partial charge < -0.3 is 15.7 Å². The van der Waals surface area contributed by atoms with Gasteiger partial charge in [0.1, 0.15) is 0 Å². The summed E-state index contributed by atoms with van der Waals surface area (Å²) in [6.45, 7) is -0.0261. The predicted molar refractivity (Wildman–Crippen MR) is 115 cm³/mol. The van der Waals surface area contributed by atoms with E-state index < -0.39 is 0 Å². The SMILES string of the molecule is O=C(Nc1ccc(CO)cc1)NC(c1ccc(Br)cc1)c1ccc(Br)cc1. The Labute approximate surface area is 174 Å². The summed E-state index contributed by atoms with van der Waals surface area (Å²) in [7, 11) is 0. The number of hydrogen-bond donors (Lipinski definition) is 3. The molecule has 27 heavy (non-hydrogen) atoms. The van der Waals surface area contributed by atoms with Crippen LogP contribution >= 0.6 is 31.9 Å². The second kappa shape index (κ2) is 9.17. The first-order chi connectivity index (χ1) is 13.0. The maximum atomic E-state index is 12.6. The Kier molecular flexibility index (Phi) is 6.66. The summed E-state index contributed by atoms with van der Waals surface area (Å²) >= 11 is 6.89. The maximum absolute atomic E-state index is 12.6. The van der Waals surface area contributed by atoms with Crippen molar-refractivity contribution < 1.29 is 9.90 Å². The van der Waals surface area contributed by atoms with Crippen molar-refractivity contribution in [1.82, 2.24) is 5.32 Å². The maximum Gasteiger partial charge on any atom is 0.319 e. The fraction of sp³-hybridized carbons (Fsp3) is 0.0952. The number of anilines is 1. The molecule has 0 bridgehead atoms. The fourth-order valence-corrected chi connectivity index (χ4v) is 3.19. The highest BCUT2D eigenvalue weighted by atomic mass is 79.9. The minimum Gasteiger partial charge on any atom is -0.392 e. The van der Waals surface area contributed by atoms with E-state index in [9.17, 15) is 4.79 Å². The molecule has 0 spiro atoms. The second-order valence-corrected chi connectivity index (χ2v) is 7.82. The van der Waals surface area contributed by atoms with Crippen LogP contribution in [0.4, 0.5) is 10.5 Å². The molecular weight excluding hydrogens is 472 g/mol. The largest absolute Gasteiger partial charge is 0.392 e. The molecule has 0 radical (unpaired) electrons. The standard InChI is InChI=1S/C21H18Br2N2O2/c22-17-7-3-15(4-8-17)20(16-5-9-18(23)10-6-16)25-21(27)24-19-11-1-14(13-26)2-12-19/h1-12,20,26H,13H2,(H2,24,25,27). The van der Waals surface area contributed by atoms with Crippen molar-refractivity contribution in [1.29, 1.82) is 0 Å². The molecule has 3 rings (SSSR count). The number of rotatable bonds is 5. The first-order valence-electron chi connectivity index (χ1n) is 8.33. The number of halogens is 2. The Hall–Kier alpha value is -2.15. The van der Waals surface area contributed by atoms with Gasteiger partial charge in [-0.2, -0.15) is 0 Å². The summed E-state index contributed by atoms with van der Waals surface area (Å²) in [6, 6.07) is 22.2. The minimum absolute atomic E-state index is 0.0261. The summed E-state index contributed by atoms with van der Waals surface area (Å²) in [6.07, 6.45) is 0. The van der Waals surface area contributed by atoms with Crippen LogP contribution in [0.15, 0.2) is 81.7 Å². The van der Waals surface area contributed by atoms with E-state index in [4.69, 9.17) is 5.11 Å². The van der Waals surface area contributed by atoms with Crippen molar-refractivity contribution >= 4 is 43.6 Å². The van der Waals surface area contributed by atoms with Crippen molar-refractivity contribution in [3.8, 4) is 0 Å². The Balaban J connectivity index is 1.80. The third-order valence-electron chi connectivity index (χ3n) is 4.08. The number of carbonyl (C=O) groups excluding carboxylic acids is 1. The van der Waals surface area contributed by atoms with E-state index >= 15 is 0 Å². The number of hydrogen-bond acceptors (Lipinski definition) is 2. The highest BCUT2D eigenvalue weighted by molar-refractivity contribution is 9.10. The lowest BCUT2D eigenvalue weighted by Crippen LogP contribution is -2.33. The van der Waals surface area contributed by atoms with Crippen LogP contribution in [0.2, 0.25) is 0 Å². The number of urea groups is 1. The molecule has 3 N–H and O–H groups in total. The molecule has 138 valence electrons. The topological polar surface area (TPSA) is 61.4 Å². The first kappa shape index (κ1) is 19.6. The van der Waals surface area contributed by atoms with Gasteiger partial charge in [-0.1, -0.05) is 68.3 Å². The van der Waals surface area contributed by atoms with Gasteiger partial charge in [0.05, 0.1) is 12.6 Å². The number of aliphatic hydroxyl groups is 1. The highest BCUT2D eigenvalue weighted by Crippen LogP contribution is 2.25. The second-order valence-electron chi connectivity index (χ2n) is 5.99. The van der Waals surface area contributed by atoms with Crippen molar-refractivity contribution in [2.75, 3.05) is 5.32 Å². The summed E-state index contributed by atoms with van der Waals surface area (Å²) in [5, 5.41) is 15.0. The van der Waals surface area contributed by atoms with Gasteiger partial charge in [-0.05, 0) is 53.1 Å². The van der Waals surface area contributed by atoms with Crippen LogP contribution in [0.25, 0.3) is 0 Å². The quantitative estimate of drug-likeness (QED) is 0.435.